The number of hydrogen-bond acceptors (Lipinski definition) is 9. The van der Waals surface area contributed by atoms with Crippen molar-refractivity contribution in [1.29, 1.82) is 0 Å². The molecule has 0 unspecified atom stereocenters. The van der Waals surface area contributed by atoms with E-state index < -0.39 is 18.6 Å². The number of fused-ring (bicyclic) bond motifs is 2. The van der Waals surface area contributed by atoms with E-state index in [0.717, 1.165) is 5.56 Å². The van der Waals surface area contributed by atoms with Gasteiger partial charge in [-0.1, -0.05) is 0 Å². The van der Waals surface area contributed by atoms with Crippen molar-refractivity contribution in [1.82, 2.24) is 10.6 Å². The van der Waals surface area contributed by atoms with Crippen LogP contribution in [0.1, 0.15) is 15.9 Å². The lowest BCUT2D eigenvalue weighted by molar-refractivity contribution is -0.274. The molecule has 10 nitrogen and oxygen atoms in total. The Morgan fingerprint density at radius 2 is 1.69 bits per heavy atom. The zero-order valence-electron chi connectivity index (χ0n) is 22.3. The van der Waals surface area contributed by atoms with Gasteiger partial charge in [-0.2, -0.15) is 0 Å². The summed E-state index contributed by atoms with van der Waals surface area (Å²) in [5, 5.41) is 16.1. The van der Waals surface area contributed by atoms with Crippen LogP contribution in [0, 0.1) is 0 Å². The third-order valence-corrected chi connectivity index (χ3v) is 6.26. The lowest BCUT2D eigenvalue weighted by Crippen LogP contribution is -2.34. The molecule has 224 valence electrons. The van der Waals surface area contributed by atoms with Crippen LogP contribution in [0.2, 0.25) is 0 Å². The molecule has 0 saturated carbocycles. The smallest absolute Gasteiger partial charge is 0.492 e. The van der Waals surface area contributed by atoms with E-state index >= 15 is 0 Å². The van der Waals surface area contributed by atoms with E-state index in [1.807, 2.05) is 6.07 Å². The summed E-state index contributed by atoms with van der Waals surface area (Å²) in [5.74, 6) is 2.10. The molecule has 0 fully saturated rings. The molecule has 13 heteroatoms. The summed E-state index contributed by atoms with van der Waals surface area (Å²) in [6, 6.07) is 15.5. The Bertz CT molecular complexity index is 1370. The summed E-state index contributed by atoms with van der Waals surface area (Å²) in [6.07, 6.45) is -5.95. The van der Waals surface area contributed by atoms with Gasteiger partial charge in [0.15, 0.2) is 17.6 Å². The number of alkyl halides is 3. The Morgan fingerprint density at radius 1 is 0.952 bits per heavy atom. The first-order chi connectivity index (χ1) is 20.2. The zero-order valence-corrected chi connectivity index (χ0v) is 22.3. The van der Waals surface area contributed by atoms with E-state index in [9.17, 15) is 23.1 Å². The molecule has 0 spiro atoms. The Morgan fingerprint density at radius 3 is 2.50 bits per heavy atom. The Hall–Kier alpha value is -4.36. The van der Waals surface area contributed by atoms with Gasteiger partial charge in [-0.3, -0.25) is 4.79 Å². The lowest BCUT2D eigenvalue weighted by Gasteiger charge is -2.27. The standard InChI is InChI=1S/C29H29F3N2O8/c30-29(31,32)42-21-3-1-20(2-4-21)39-16-24-17-40-27-12-23(6-8-26(27)41-24)38-15-19(35)14-33-9-10-37-22-5-7-25-18(11-22)13-34-28(25)36/h1-8,11-12,19,24,33,35H,9-10,13-17H2,(H,34,36)/t19-,24+/m0/s1. The van der Waals surface area contributed by atoms with Crippen molar-refractivity contribution in [3.63, 3.8) is 0 Å². The third-order valence-electron chi connectivity index (χ3n) is 6.26. The lowest BCUT2D eigenvalue weighted by atomic mass is 10.1. The summed E-state index contributed by atoms with van der Waals surface area (Å²) in [7, 11) is 0. The van der Waals surface area contributed by atoms with Gasteiger partial charge >= 0.3 is 6.36 Å². The number of amides is 1. The van der Waals surface area contributed by atoms with Crippen LogP contribution in [0.4, 0.5) is 13.2 Å². The molecule has 42 heavy (non-hydrogen) atoms. The van der Waals surface area contributed by atoms with Crippen LogP contribution in [-0.2, 0) is 6.54 Å². The number of carbonyl (C=O) groups excluding carboxylic acids is 1. The highest BCUT2D eigenvalue weighted by Crippen LogP contribution is 2.35. The molecule has 2 aliphatic rings. The van der Waals surface area contributed by atoms with Gasteiger partial charge < -0.3 is 44.2 Å². The molecular weight excluding hydrogens is 561 g/mol. The predicted octanol–water partition coefficient (Wildman–Crippen LogP) is 3.46. The average Bonchev–Trinajstić information content (AvgIpc) is 3.34. The summed E-state index contributed by atoms with van der Waals surface area (Å²) in [5.41, 5.74) is 1.58. The van der Waals surface area contributed by atoms with Gasteiger partial charge in [-0.05, 0) is 60.2 Å². The molecule has 3 aromatic carbocycles. The molecule has 2 aliphatic heterocycles. The average molecular weight is 591 g/mol. The molecule has 1 amide bonds. The maximum atomic E-state index is 12.3. The SMILES string of the molecule is O=C1NCc2cc(OCCNC[C@H](O)COc3ccc4c(c3)OC[C@@H](COc3ccc(OC(F)(F)F)cc3)O4)ccc21. The third kappa shape index (κ3) is 8.10. The molecule has 3 N–H and O–H groups in total. The highest BCUT2D eigenvalue weighted by Gasteiger charge is 2.31. The van der Waals surface area contributed by atoms with Crippen molar-refractivity contribution in [3.8, 4) is 34.5 Å². The number of benzene rings is 3. The number of halogens is 3. The second kappa shape index (κ2) is 13.1. The van der Waals surface area contributed by atoms with Crippen molar-refractivity contribution in [2.75, 3.05) is 39.5 Å². The van der Waals surface area contributed by atoms with E-state index in [2.05, 4.69) is 15.4 Å². The molecule has 0 aromatic heterocycles. The van der Waals surface area contributed by atoms with Crippen molar-refractivity contribution in [2.45, 2.75) is 25.1 Å². The number of carbonyl (C=O) groups is 1. The minimum absolute atomic E-state index is 0.0582. The summed E-state index contributed by atoms with van der Waals surface area (Å²) in [6.45, 7) is 2.08. The number of rotatable bonds is 13. The van der Waals surface area contributed by atoms with Gasteiger partial charge in [-0.15, -0.1) is 13.2 Å². The number of ether oxygens (including phenoxy) is 6. The fourth-order valence-electron chi connectivity index (χ4n) is 4.25. The number of nitrogens with one attached hydrogen (secondary N) is 2. The Balaban J connectivity index is 0.977. The van der Waals surface area contributed by atoms with Gasteiger partial charge in [0.25, 0.3) is 5.91 Å². The molecule has 0 saturated heterocycles. The predicted molar refractivity (Wildman–Crippen MR) is 142 cm³/mol. The number of aliphatic hydroxyl groups excluding tert-OH is 1. The highest BCUT2D eigenvalue weighted by atomic mass is 19.4. The fraction of sp³-hybridized carbons (Fsp3) is 0.345. The summed E-state index contributed by atoms with van der Waals surface area (Å²) in [4.78, 5) is 11.6. The van der Waals surface area contributed by atoms with E-state index in [-0.39, 0.29) is 31.5 Å². The first-order valence-corrected chi connectivity index (χ1v) is 13.2. The molecular formula is C29H29F3N2O8. The van der Waals surface area contributed by atoms with Crippen molar-refractivity contribution in [3.05, 3.63) is 71.8 Å². The molecule has 2 atom stereocenters. The van der Waals surface area contributed by atoms with Gasteiger partial charge in [0.2, 0.25) is 0 Å². The summed E-state index contributed by atoms with van der Waals surface area (Å²) < 4.78 is 69.4. The second-order valence-electron chi connectivity index (χ2n) is 9.51. The first kappa shape index (κ1) is 29.1. The molecule has 0 aliphatic carbocycles. The maximum absolute atomic E-state index is 12.3. The van der Waals surface area contributed by atoms with Crippen LogP contribution in [-0.4, -0.2) is 69.1 Å². The normalized spacial score (nSPS) is 16.3. The van der Waals surface area contributed by atoms with E-state index in [1.165, 1.54) is 24.3 Å². The van der Waals surface area contributed by atoms with E-state index in [0.29, 0.717) is 60.6 Å². The van der Waals surface area contributed by atoms with Crippen LogP contribution < -0.4 is 39.1 Å². The molecule has 5 rings (SSSR count). The van der Waals surface area contributed by atoms with Crippen LogP contribution in [0.25, 0.3) is 0 Å². The van der Waals surface area contributed by atoms with Gasteiger partial charge in [0, 0.05) is 31.3 Å². The molecule has 2 heterocycles. The molecule has 0 bridgehead atoms. The van der Waals surface area contributed by atoms with E-state index in [4.69, 9.17) is 23.7 Å². The van der Waals surface area contributed by atoms with Crippen LogP contribution >= 0.6 is 0 Å². The van der Waals surface area contributed by atoms with Gasteiger partial charge in [-0.25, -0.2) is 0 Å². The van der Waals surface area contributed by atoms with Crippen molar-refractivity contribution >= 4 is 5.91 Å². The minimum Gasteiger partial charge on any atom is -0.492 e. The topological polar surface area (TPSA) is 117 Å². The summed E-state index contributed by atoms with van der Waals surface area (Å²) >= 11 is 0. The Kier molecular flexibility index (Phi) is 9.08. The van der Waals surface area contributed by atoms with Crippen LogP contribution in [0.15, 0.2) is 60.7 Å². The van der Waals surface area contributed by atoms with Gasteiger partial charge in [0.1, 0.15) is 55.5 Å². The van der Waals surface area contributed by atoms with Gasteiger partial charge in [0.05, 0.1) is 0 Å². The highest BCUT2D eigenvalue weighted by molar-refractivity contribution is 5.98. The fourth-order valence-corrected chi connectivity index (χ4v) is 4.25. The van der Waals surface area contributed by atoms with Crippen molar-refractivity contribution in [2.24, 2.45) is 0 Å². The first-order valence-electron chi connectivity index (χ1n) is 13.2. The second-order valence-corrected chi connectivity index (χ2v) is 9.51. The molecule has 0 radical (unpaired) electrons. The van der Waals surface area contributed by atoms with E-state index in [1.54, 1.807) is 30.3 Å². The largest absolute Gasteiger partial charge is 0.573 e. The monoisotopic (exact) mass is 590 g/mol. The number of hydrogen-bond donors (Lipinski definition) is 3. The Labute approximate surface area is 239 Å². The molecule has 3 aromatic rings. The van der Waals surface area contributed by atoms with Crippen LogP contribution in [0.5, 0.6) is 34.5 Å². The van der Waals surface area contributed by atoms with Crippen LogP contribution in [0.3, 0.4) is 0 Å². The zero-order chi connectivity index (χ0) is 29.5. The minimum atomic E-state index is -4.76. The maximum Gasteiger partial charge on any atom is 0.573 e. The number of aliphatic hydroxyl groups is 1. The quantitative estimate of drug-likeness (QED) is 0.258. The van der Waals surface area contributed by atoms with Crippen molar-refractivity contribution < 1.29 is 51.5 Å².